The lowest BCUT2D eigenvalue weighted by Crippen LogP contribution is -2.15. The number of benzene rings is 2. The first kappa shape index (κ1) is 19.4. The summed E-state index contributed by atoms with van der Waals surface area (Å²) in [5, 5.41) is 6.50. The van der Waals surface area contributed by atoms with Crippen LogP contribution in [0.25, 0.3) is 0 Å². The Hall–Kier alpha value is -3.38. The van der Waals surface area contributed by atoms with E-state index in [0.717, 1.165) is 11.3 Å². The van der Waals surface area contributed by atoms with Crippen LogP contribution >= 0.6 is 11.6 Å². The molecule has 0 bridgehead atoms. The molecule has 1 heterocycles. The molecule has 0 spiro atoms. The highest BCUT2D eigenvalue weighted by molar-refractivity contribution is 6.30. The van der Waals surface area contributed by atoms with Gasteiger partial charge in [-0.2, -0.15) is 0 Å². The molecule has 0 fully saturated rings. The molecule has 0 aliphatic rings. The molecule has 2 N–H and O–H groups in total. The van der Waals surface area contributed by atoms with Gasteiger partial charge in [0.2, 0.25) is 0 Å². The number of ether oxygens (including phenoxy) is 1. The third-order valence-corrected chi connectivity index (χ3v) is 4.30. The minimum absolute atomic E-state index is 0.278. The molecule has 1 amide bonds. The number of pyridine rings is 1. The first-order valence-corrected chi connectivity index (χ1v) is 8.83. The molecule has 7 heteroatoms. The van der Waals surface area contributed by atoms with Crippen molar-refractivity contribution in [3.63, 3.8) is 0 Å². The zero-order chi connectivity index (χ0) is 20.1. The van der Waals surface area contributed by atoms with Gasteiger partial charge >= 0.3 is 5.97 Å². The van der Waals surface area contributed by atoms with Gasteiger partial charge in [0.1, 0.15) is 5.82 Å². The number of amides is 1. The van der Waals surface area contributed by atoms with Gasteiger partial charge in [0, 0.05) is 22.5 Å². The first-order valence-electron chi connectivity index (χ1n) is 8.46. The number of aryl methyl sites for hydroxylation is 1. The number of anilines is 3. The van der Waals surface area contributed by atoms with Crippen LogP contribution in [0.3, 0.4) is 0 Å². The summed E-state index contributed by atoms with van der Waals surface area (Å²) in [4.78, 5) is 28.8. The van der Waals surface area contributed by atoms with E-state index in [4.69, 9.17) is 16.3 Å². The largest absolute Gasteiger partial charge is 0.465 e. The Morgan fingerprint density at radius 3 is 2.61 bits per heavy atom. The van der Waals surface area contributed by atoms with Crippen molar-refractivity contribution < 1.29 is 14.3 Å². The van der Waals surface area contributed by atoms with Crippen LogP contribution in [-0.2, 0) is 4.74 Å². The van der Waals surface area contributed by atoms with E-state index >= 15 is 0 Å². The first-order chi connectivity index (χ1) is 13.5. The molecule has 1 aromatic heterocycles. The van der Waals surface area contributed by atoms with E-state index < -0.39 is 5.97 Å². The van der Waals surface area contributed by atoms with Crippen LogP contribution in [0.5, 0.6) is 0 Å². The molecule has 0 unspecified atom stereocenters. The second kappa shape index (κ2) is 8.54. The Morgan fingerprint density at radius 1 is 1.04 bits per heavy atom. The molecule has 0 saturated heterocycles. The fraction of sp³-hybridized carbons (Fsp3) is 0.0952. The molecule has 0 atom stereocenters. The number of carbonyl (C=O) groups excluding carboxylic acids is 2. The van der Waals surface area contributed by atoms with Crippen molar-refractivity contribution in [1.82, 2.24) is 4.98 Å². The van der Waals surface area contributed by atoms with Gasteiger partial charge in [0.15, 0.2) is 0 Å². The topological polar surface area (TPSA) is 80.3 Å². The van der Waals surface area contributed by atoms with Crippen molar-refractivity contribution in [3.8, 4) is 0 Å². The second-order valence-corrected chi connectivity index (χ2v) is 6.44. The summed E-state index contributed by atoms with van der Waals surface area (Å²) in [5.74, 6) is -0.395. The van der Waals surface area contributed by atoms with Crippen LogP contribution in [0.15, 0.2) is 60.8 Å². The van der Waals surface area contributed by atoms with Crippen LogP contribution < -0.4 is 10.6 Å². The van der Waals surface area contributed by atoms with Gasteiger partial charge in [-0.05, 0) is 48.9 Å². The third-order valence-electron chi connectivity index (χ3n) is 4.07. The van der Waals surface area contributed by atoms with Crippen LogP contribution in [-0.4, -0.2) is 24.0 Å². The summed E-state index contributed by atoms with van der Waals surface area (Å²) in [7, 11) is 1.29. The van der Waals surface area contributed by atoms with Crippen LogP contribution in [0, 0.1) is 6.92 Å². The molecule has 0 aliphatic carbocycles. The lowest BCUT2D eigenvalue weighted by Gasteiger charge is -2.12. The third kappa shape index (κ3) is 4.47. The van der Waals surface area contributed by atoms with Crippen molar-refractivity contribution in [2.75, 3.05) is 17.7 Å². The number of hydrogen-bond donors (Lipinski definition) is 2. The highest BCUT2D eigenvalue weighted by Gasteiger charge is 2.15. The van der Waals surface area contributed by atoms with E-state index in [1.807, 2.05) is 13.0 Å². The molecular weight excluding hydrogens is 378 g/mol. The number of para-hydroxylation sites is 1. The van der Waals surface area contributed by atoms with Crippen molar-refractivity contribution in [1.29, 1.82) is 0 Å². The second-order valence-electron chi connectivity index (χ2n) is 6.01. The predicted octanol–water partition coefficient (Wildman–Crippen LogP) is 4.83. The lowest BCUT2D eigenvalue weighted by atomic mass is 10.1. The minimum Gasteiger partial charge on any atom is -0.465 e. The molecule has 3 aromatic rings. The average molecular weight is 396 g/mol. The predicted molar refractivity (Wildman–Crippen MR) is 109 cm³/mol. The molecule has 3 rings (SSSR count). The number of aromatic nitrogens is 1. The summed E-state index contributed by atoms with van der Waals surface area (Å²) < 4.78 is 4.75. The molecular formula is C21H18ClN3O3. The quantitative estimate of drug-likeness (QED) is 0.605. The number of nitrogens with one attached hydrogen (secondary N) is 2. The molecule has 0 saturated carbocycles. The number of esters is 1. The molecule has 142 valence electrons. The van der Waals surface area contributed by atoms with Gasteiger partial charge in [-0.3, -0.25) is 4.79 Å². The van der Waals surface area contributed by atoms with Gasteiger partial charge in [0.25, 0.3) is 5.91 Å². The van der Waals surface area contributed by atoms with E-state index in [1.54, 1.807) is 48.5 Å². The van der Waals surface area contributed by atoms with Gasteiger partial charge < -0.3 is 15.4 Å². The highest BCUT2D eigenvalue weighted by Crippen LogP contribution is 2.24. The van der Waals surface area contributed by atoms with Crippen LogP contribution in [0.2, 0.25) is 5.02 Å². The molecule has 0 radical (unpaired) electrons. The average Bonchev–Trinajstić information content (AvgIpc) is 2.71. The summed E-state index contributed by atoms with van der Waals surface area (Å²) in [6.07, 6.45) is 1.53. The van der Waals surface area contributed by atoms with Crippen molar-refractivity contribution in [2.45, 2.75) is 6.92 Å². The Morgan fingerprint density at radius 2 is 1.82 bits per heavy atom. The van der Waals surface area contributed by atoms with E-state index in [1.165, 1.54) is 13.3 Å². The van der Waals surface area contributed by atoms with Crippen LogP contribution in [0.4, 0.5) is 17.2 Å². The van der Waals surface area contributed by atoms with Crippen LogP contribution in [0.1, 0.15) is 26.3 Å². The number of carbonyl (C=O) groups is 2. The summed E-state index contributed by atoms with van der Waals surface area (Å²) >= 11 is 6.05. The SMILES string of the molecule is COC(=O)c1ccccc1NC(=O)c1ccnc(Nc2cc(Cl)ccc2C)c1. The number of rotatable bonds is 5. The Labute approximate surface area is 167 Å². The standard InChI is InChI=1S/C21H18ClN3O3/c1-13-7-8-15(22)12-18(13)24-19-11-14(9-10-23-19)20(26)25-17-6-4-3-5-16(17)21(27)28-2/h3-12H,1-2H3,(H,23,24)(H,25,26). The fourth-order valence-electron chi connectivity index (χ4n) is 2.58. The molecule has 28 heavy (non-hydrogen) atoms. The van der Waals surface area contributed by atoms with Gasteiger partial charge in [0.05, 0.1) is 18.4 Å². The van der Waals surface area contributed by atoms with Gasteiger partial charge in [-0.15, -0.1) is 0 Å². The molecule has 0 aliphatic heterocycles. The fourth-order valence-corrected chi connectivity index (χ4v) is 2.75. The number of halogens is 1. The Bertz CT molecular complexity index is 1040. The monoisotopic (exact) mass is 395 g/mol. The van der Waals surface area contributed by atoms with Crippen molar-refractivity contribution in [2.24, 2.45) is 0 Å². The number of hydrogen-bond acceptors (Lipinski definition) is 5. The van der Waals surface area contributed by atoms with E-state index in [0.29, 0.717) is 22.1 Å². The number of methoxy groups -OCH3 is 1. The lowest BCUT2D eigenvalue weighted by molar-refractivity contribution is 0.0602. The van der Waals surface area contributed by atoms with Crippen molar-refractivity contribution in [3.05, 3.63) is 82.5 Å². The summed E-state index contributed by atoms with van der Waals surface area (Å²) in [6.45, 7) is 1.94. The van der Waals surface area contributed by atoms with Crippen molar-refractivity contribution >= 4 is 40.7 Å². The molecule has 2 aromatic carbocycles. The number of nitrogens with zero attached hydrogens (tertiary/aromatic N) is 1. The maximum Gasteiger partial charge on any atom is 0.339 e. The van der Waals surface area contributed by atoms with E-state index in [2.05, 4.69) is 15.6 Å². The zero-order valence-electron chi connectivity index (χ0n) is 15.3. The Kier molecular flexibility index (Phi) is 5.91. The summed E-state index contributed by atoms with van der Waals surface area (Å²) in [6, 6.07) is 15.3. The highest BCUT2D eigenvalue weighted by atomic mass is 35.5. The maximum absolute atomic E-state index is 12.7. The normalized spacial score (nSPS) is 10.2. The van der Waals surface area contributed by atoms with E-state index in [-0.39, 0.29) is 11.5 Å². The van der Waals surface area contributed by atoms with E-state index in [9.17, 15) is 9.59 Å². The molecule has 6 nitrogen and oxygen atoms in total. The minimum atomic E-state index is -0.524. The maximum atomic E-state index is 12.7. The summed E-state index contributed by atoms with van der Waals surface area (Å²) in [5.41, 5.74) is 2.83. The zero-order valence-corrected chi connectivity index (χ0v) is 16.1. The van der Waals surface area contributed by atoms with Gasteiger partial charge in [-0.25, -0.2) is 9.78 Å². The smallest absolute Gasteiger partial charge is 0.339 e. The Balaban J connectivity index is 1.82. The van der Waals surface area contributed by atoms with Gasteiger partial charge in [-0.1, -0.05) is 29.8 Å².